The summed E-state index contributed by atoms with van der Waals surface area (Å²) in [5.74, 6) is 0. The van der Waals surface area contributed by atoms with Crippen LogP contribution in [-0.2, 0) is 17.8 Å². The van der Waals surface area contributed by atoms with E-state index < -0.39 is 5.60 Å². The fourth-order valence-corrected chi connectivity index (χ4v) is 2.91. The Kier molecular flexibility index (Phi) is 6.18. The SMILES string of the molecule is CN(C(=O)OC(C)(C)C)c1ccc(CNCc2ccc(C#N)s2)cc1. The number of carbonyl (C=O) groups is 1. The number of carbonyl (C=O) groups excluding carboxylic acids is 1. The molecule has 0 aliphatic rings. The predicted octanol–water partition coefficient (Wildman–Crippen LogP) is 4.28. The minimum Gasteiger partial charge on any atom is -0.443 e. The molecule has 2 aromatic rings. The number of hydrogen-bond donors (Lipinski definition) is 1. The Bertz CT molecular complexity index is 754. The zero-order chi connectivity index (χ0) is 18.4. The molecule has 132 valence electrons. The summed E-state index contributed by atoms with van der Waals surface area (Å²) >= 11 is 1.50. The molecule has 1 amide bonds. The van der Waals surface area contributed by atoms with Crippen molar-refractivity contribution in [3.8, 4) is 6.07 Å². The quantitative estimate of drug-likeness (QED) is 0.867. The average molecular weight is 357 g/mol. The Morgan fingerprint density at radius 2 is 1.88 bits per heavy atom. The average Bonchev–Trinajstić information content (AvgIpc) is 3.01. The van der Waals surface area contributed by atoms with Gasteiger partial charge in [-0.05, 0) is 50.6 Å². The second-order valence-electron chi connectivity index (χ2n) is 6.69. The standard InChI is InChI=1S/C19H23N3O2S/c1-19(2,3)24-18(23)22(4)15-7-5-14(6-8-15)12-21-13-17-10-9-16(11-20)25-17/h5-10,21H,12-13H2,1-4H3. The fourth-order valence-electron chi connectivity index (χ4n) is 2.14. The molecule has 0 aliphatic heterocycles. The maximum Gasteiger partial charge on any atom is 0.414 e. The van der Waals surface area contributed by atoms with Gasteiger partial charge < -0.3 is 10.1 Å². The third kappa shape index (κ3) is 5.89. The van der Waals surface area contributed by atoms with Gasteiger partial charge in [0.2, 0.25) is 0 Å². The zero-order valence-corrected chi connectivity index (χ0v) is 15.8. The first-order valence-electron chi connectivity index (χ1n) is 8.03. The highest BCUT2D eigenvalue weighted by Gasteiger charge is 2.20. The van der Waals surface area contributed by atoms with E-state index in [4.69, 9.17) is 10.00 Å². The molecule has 0 fully saturated rings. The molecule has 6 heteroatoms. The number of benzene rings is 1. The molecule has 2 rings (SSSR count). The van der Waals surface area contributed by atoms with Crippen molar-refractivity contribution in [3.63, 3.8) is 0 Å². The first kappa shape index (κ1) is 19.0. The molecule has 1 aromatic heterocycles. The zero-order valence-electron chi connectivity index (χ0n) is 15.0. The summed E-state index contributed by atoms with van der Waals surface area (Å²) in [6, 6.07) is 13.7. The number of nitrogens with one attached hydrogen (secondary N) is 1. The van der Waals surface area contributed by atoms with Crippen LogP contribution in [-0.4, -0.2) is 18.7 Å². The summed E-state index contributed by atoms with van der Waals surface area (Å²) in [7, 11) is 1.70. The third-order valence-corrected chi connectivity index (χ3v) is 4.38. The van der Waals surface area contributed by atoms with E-state index >= 15 is 0 Å². The maximum absolute atomic E-state index is 12.1. The lowest BCUT2D eigenvalue weighted by Gasteiger charge is -2.24. The van der Waals surface area contributed by atoms with Crippen LogP contribution < -0.4 is 10.2 Å². The monoisotopic (exact) mass is 357 g/mol. The summed E-state index contributed by atoms with van der Waals surface area (Å²) in [6.45, 7) is 6.99. The van der Waals surface area contributed by atoms with Crippen LogP contribution in [0, 0.1) is 11.3 Å². The van der Waals surface area contributed by atoms with Gasteiger partial charge >= 0.3 is 6.09 Å². The Labute approximate surface area is 152 Å². The van der Waals surface area contributed by atoms with Gasteiger partial charge in [-0.2, -0.15) is 5.26 Å². The van der Waals surface area contributed by atoms with Gasteiger partial charge in [-0.15, -0.1) is 11.3 Å². The number of nitrogens with zero attached hydrogens (tertiary/aromatic N) is 2. The Morgan fingerprint density at radius 1 is 1.20 bits per heavy atom. The van der Waals surface area contributed by atoms with Crippen molar-refractivity contribution in [2.24, 2.45) is 0 Å². The second-order valence-corrected chi connectivity index (χ2v) is 7.86. The molecule has 0 atom stereocenters. The molecular formula is C19H23N3O2S. The molecule has 25 heavy (non-hydrogen) atoms. The van der Waals surface area contributed by atoms with Gasteiger partial charge in [-0.25, -0.2) is 4.79 Å². The lowest BCUT2D eigenvalue weighted by atomic mass is 10.2. The first-order valence-corrected chi connectivity index (χ1v) is 8.85. The van der Waals surface area contributed by atoms with Crippen molar-refractivity contribution in [1.29, 1.82) is 5.26 Å². The van der Waals surface area contributed by atoms with E-state index in [1.165, 1.54) is 16.2 Å². The molecule has 1 aromatic carbocycles. The highest BCUT2D eigenvalue weighted by atomic mass is 32.1. The van der Waals surface area contributed by atoms with E-state index in [0.29, 0.717) is 0 Å². The largest absolute Gasteiger partial charge is 0.443 e. The Hall–Kier alpha value is -2.36. The van der Waals surface area contributed by atoms with E-state index in [-0.39, 0.29) is 6.09 Å². The van der Waals surface area contributed by atoms with Crippen LogP contribution >= 0.6 is 11.3 Å². The minimum absolute atomic E-state index is 0.371. The summed E-state index contributed by atoms with van der Waals surface area (Å²) in [6.07, 6.45) is -0.371. The second kappa shape index (κ2) is 8.15. The summed E-state index contributed by atoms with van der Waals surface area (Å²) in [5, 5.41) is 12.2. The van der Waals surface area contributed by atoms with Crippen LogP contribution in [0.2, 0.25) is 0 Å². The molecule has 5 nitrogen and oxygen atoms in total. The summed E-state index contributed by atoms with van der Waals surface area (Å²) < 4.78 is 5.36. The Morgan fingerprint density at radius 3 is 2.44 bits per heavy atom. The number of anilines is 1. The predicted molar refractivity (Wildman–Crippen MR) is 101 cm³/mol. The van der Waals surface area contributed by atoms with Gasteiger partial charge in [0.05, 0.1) is 0 Å². The van der Waals surface area contributed by atoms with Gasteiger partial charge in [-0.1, -0.05) is 12.1 Å². The maximum atomic E-state index is 12.1. The van der Waals surface area contributed by atoms with Gasteiger partial charge in [-0.3, -0.25) is 4.90 Å². The normalized spacial score (nSPS) is 11.0. The van der Waals surface area contributed by atoms with Gasteiger partial charge in [0.1, 0.15) is 16.5 Å². The molecule has 0 saturated carbocycles. The summed E-state index contributed by atoms with van der Waals surface area (Å²) in [5.41, 5.74) is 1.40. The smallest absolute Gasteiger partial charge is 0.414 e. The van der Waals surface area contributed by atoms with E-state index in [1.807, 2.05) is 57.2 Å². The first-order chi connectivity index (χ1) is 11.8. The number of rotatable bonds is 5. The van der Waals surface area contributed by atoms with E-state index in [2.05, 4.69) is 11.4 Å². The highest BCUT2D eigenvalue weighted by molar-refractivity contribution is 7.12. The Balaban J connectivity index is 1.86. The number of thiophene rings is 1. The van der Waals surface area contributed by atoms with Crippen LogP contribution in [0.25, 0.3) is 0 Å². The van der Waals surface area contributed by atoms with Gasteiger partial charge in [0, 0.05) is 30.7 Å². The van der Waals surface area contributed by atoms with Gasteiger partial charge in [0.25, 0.3) is 0 Å². The number of amides is 1. The molecule has 1 N–H and O–H groups in total. The molecule has 1 heterocycles. The van der Waals surface area contributed by atoms with Crippen LogP contribution in [0.15, 0.2) is 36.4 Å². The number of hydrogen-bond acceptors (Lipinski definition) is 5. The molecular weight excluding hydrogens is 334 g/mol. The molecule has 0 spiro atoms. The van der Waals surface area contributed by atoms with E-state index in [9.17, 15) is 4.79 Å². The van der Waals surface area contributed by atoms with Crippen molar-refractivity contribution < 1.29 is 9.53 Å². The van der Waals surface area contributed by atoms with E-state index in [0.717, 1.165) is 34.1 Å². The number of ether oxygens (including phenoxy) is 1. The molecule has 0 unspecified atom stereocenters. The lowest BCUT2D eigenvalue weighted by Crippen LogP contribution is -2.34. The lowest BCUT2D eigenvalue weighted by molar-refractivity contribution is 0.0589. The van der Waals surface area contributed by atoms with Crippen LogP contribution in [0.3, 0.4) is 0 Å². The molecule has 0 radical (unpaired) electrons. The summed E-state index contributed by atoms with van der Waals surface area (Å²) in [4.78, 5) is 15.4. The molecule has 0 saturated heterocycles. The highest BCUT2D eigenvalue weighted by Crippen LogP contribution is 2.18. The molecule has 0 aliphatic carbocycles. The van der Waals surface area contributed by atoms with Crippen molar-refractivity contribution >= 4 is 23.1 Å². The third-order valence-electron chi connectivity index (χ3n) is 3.39. The minimum atomic E-state index is -0.512. The number of nitriles is 1. The van der Waals surface area contributed by atoms with Crippen molar-refractivity contribution in [1.82, 2.24) is 5.32 Å². The topological polar surface area (TPSA) is 65.4 Å². The fraction of sp³-hybridized carbons (Fsp3) is 0.368. The van der Waals surface area contributed by atoms with E-state index in [1.54, 1.807) is 7.05 Å². The van der Waals surface area contributed by atoms with Crippen molar-refractivity contribution in [2.45, 2.75) is 39.5 Å². The van der Waals surface area contributed by atoms with Crippen LogP contribution in [0.1, 0.15) is 36.1 Å². The van der Waals surface area contributed by atoms with Gasteiger partial charge in [0.15, 0.2) is 0 Å². The molecule has 0 bridgehead atoms. The van der Waals surface area contributed by atoms with Crippen LogP contribution in [0.5, 0.6) is 0 Å². The van der Waals surface area contributed by atoms with Crippen molar-refractivity contribution in [2.75, 3.05) is 11.9 Å². The van der Waals surface area contributed by atoms with Crippen molar-refractivity contribution in [3.05, 3.63) is 51.7 Å². The van der Waals surface area contributed by atoms with Crippen LogP contribution in [0.4, 0.5) is 10.5 Å².